The number of anilines is 1. The van der Waals surface area contributed by atoms with E-state index in [4.69, 9.17) is 4.74 Å². The lowest BCUT2D eigenvalue weighted by molar-refractivity contribution is -0.116. The number of sulfonamides is 1. The van der Waals surface area contributed by atoms with E-state index in [1.807, 2.05) is 18.2 Å². The van der Waals surface area contributed by atoms with Gasteiger partial charge in [0.2, 0.25) is 15.9 Å². The fourth-order valence-electron chi connectivity index (χ4n) is 3.29. The molecule has 1 aromatic carbocycles. The molecule has 6 nitrogen and oxygen atoms in total. The summed E-state index contributed by atoms with van der Waals surface area (Å²) in [5, 5.41) is 2.94. The standard InChI is InChI=1S/C22H36N2O4S/c1-5-17-16-18(13-14-20(17)28-19-10-6-7-11-19)24-21(25)12-8-9-15-23-29(26,27)22(2,3)4/h13-14,16,19,23H,5-12,15H2,1-4H3,(H,24,25). The van der Waals surface area contributed by atoms with Crippen LogP contribution in [0.2, 0.25) is 0 Å². The van der Waals surface area contributed by atoms with Crippen LogP contribution in [0.25, 0.3) is 0 Å². The third-order valence-corrected chi connectivity index (χ3v) is 7.45. The zero-order chi connectivity index (χ0) is 21.5. The maximum atomic E-state index is 12.2. The van der Waals surface area contributed by atoms with Gasteiger partial charge in [-0.15, -0.1) is 0 Å². The Hall–Kier alpha value is -1.60. The van der Waals surface area contributed by atoms with Crippen LogP contribution < -0.4 is 14.8 Å². The van der Waals surface area contributed by atoms with Crippen molar-refractivity contribution in [3.05, 3.63) is 23.8 Å². The molecule has 0 heterocycles. The Kier molecular flexibility index (Phi) is 8.52. The van der Waals surface area contributed by atoms with Gasteiger partial charge in [0.15, 0.2) is 0 Å². The van der Waals surface area contributed by atoms with Crippen molar-refractivity contribution in [2.75, 3.05) is 11.9 Å². The molecule has 7 heteroatoms. The first-order chi connectivity index (χ1) is 13.6. The summed E-state index contributed by atoms with van der Waals surface area (Å²) in [6, 6.07) is 5.83. The van der Waals surface area contributed by atoms with Crippen molar-refractivity contribution < 1.29 is 17.9 Å². The molecule has 0 spiro atoms. The van der Waals surface area contributed by atoms with Gasteiger partial charge >= 0.3 is 0 Å². The Balaban J connectivity index is 1.77. The molecule has 1 saturated carbocycles. The third kappa shape index (κ3) is 7.30. The Morgan fingerprint density at radius 2 is 1.86 bits per heavy atom. The molecule has 0 bridgehead atoms. The summed E-state index contributed by atoms with van der Waals surface area (Å²) < 4.78 is 31.9. The van der Waals surface area contributed by atoms with E-state index in [1.165, 1.54) is 12.8 Å². The average Bonchev–Trinajstić information content (AvgIpc) is 3.14. The minimum atomic E-state index is -3.33. The summed E-state index contributed by atoms with van der Waals surface area (Å²) >= 11 is 0. The Morgan fingerprint density at radius 1 is 1.17 bits per heavy atom. The fourth-order valence-corrected chi connectivity index (χ4v) is 4.14. The summed E-state index contributed by atoms with van der Waals surface area (Å²) in [5.74, 6) is 0.860. The normalized spacial score (nSPS) is 15.4. The number of nitrogens with one attached hydrogen (secondary N) is 2. The van der Waals surface area contributed by atoms with Gasteiger partial charge in [0, 0.05) is 18.7 Å². The maximum absolute atomic E-state index is 12.2. The van der Waals surface area contributed by atoms with Crippen LogP contribution in [0.15, 0.2) is 18.2 Å². The quantitative estimate of drug-likeness (QED) is 0.545. The van der Waals surface area contributed by atoms with Gasteiger partial charge in [-0.1, -0.05) is 6.92 Å². The first kappa shape index (κ1) is 23.7. The Morgan fingerprint density at radius 3 is 2.48 bits per heavy atom. The van der Waals surface area contributed by atoms with Gasteiger partial charge in [-0.2, -0.15) is 0 Å². The molecule has 0 saturated heterocycles. The fraction of sp³-hybridized carbons (Fsp3) is 0.682. The smallest absolute Gasteiger partial charge is 0.224 e. The number of ether oxygens (including phenoxy) is 1. The minimum absolute atomic E-state index is 0.0600. The van der Waals surface area contributed by atoms with Crippen molar-refractivity contribution in [2.24, 2.45) is 0 Å². The van der Waals surface area contributed by atoms with Crippen molar-refractivity contribution in [1.82, 2.24) is 4.72 Å². The first-order valence-corrected chi connectivity index (χ1v) is 12.2. The molecule has 1 aromatic rings. The van der Waals surface area contributed by atoms with Crippen molar-refractivity contribution in [2.45, 2.75) is 89.9 Å². The largest absolute Gasteiger partial charge is 0.490 e. The monoisotopic (exact) mass is 424 g/mol. The van der Waals surface area contributed by atoms with E-state index in [-0.39, 0.29) is 5.91 Å². The van der Waals surface area contributed by atoms with Crippen LogP contribution in [0.3, 0.4) is 0 Å². The number of carbonyl (C=O) groups excluding carboxylic acids is 1. The van der Waals surface area contributed by atoms with Gasteiger partial charge < -0.3 is 10.1 Å². The molecule has 0 unspecified atom stereocenters. The predicted octanol–water partition coefficient (Wildman–Crippen LogP) is 4.40. The van der Waals surface area contributed by atoms with Crippen LogP contribution in [0.4, 0.5) is 5.69 Å². The second-order valence-electron chi connectivity index (χ2n) is 8.72. The highest BCUT2D eigenvalue weighted by Crippen LogP contribution is 2.29. The van der Waals surface area contributed by atoms with Crippen LogP contribution in [0, 0.1) is 0 Å². The van der Waals surface area contributed by atoms with Crippen molar-refractivity contribution >= 4 is 21.6 Å². The lowest BCUT2D eigenvalue weighted by Gasteiger charge is -2.19. The summed E-state index contributed by atoms with van der Waals surface area (Å²) in [4.78, 5) is 12.2. The highest BCUT2D eigenvalue weighted by atomic mass is 32.2. The van der Waals surface area contributed by atoms with Crippen LogP contribution in [-0.2, 0) is 21.2 Å². The van der Waals surface area contributed by atoms with Crippen LogP contribution >= 0.6 is 0 Å². The Bertz CT molecular complexity index is 778. The average molecular weight is 425 g/mol. The molecular weight excluding hydrogens is 388 g/mol. The molecule has 1 aliphatic rings. The van der Waals surface area contributed by atoms with Gasteiger partial charge in [-0.25, -0.2) is 13.1 Å². The molecule has 2 N–H and O–H groups in total. The maximum Gasteiger partial charge on any atom is 0.224 e. The molecule has 29 heavy (non-hydrogen) atoms. The second-order valence-corrected chi connectivity index (χ2v) is 11.2. The van der Waals surface area contributed by atoms with Crippen LogP contribution in [-0.4, -0.2) is 31.7 Å². The number of carbonyl (C=O) groups is 1. The summed E-state index contributed by atoms with van der Waals surface area (Å²) in [6.07, 6.45) is 7.48. The molecule has 1 fully saturated rings. The third-order valence-electron chi connectivity index (χ3n) is 5.25. The number of unbranched alkanes of at least 4 members (excludes halogenated alkanes) is 1. The number of benzene rings is 1. The van der Waals surface area contributed by atoms with E-state index in [1.54, 1.807) is 20.8 Å². The molecule has 0 radical (unpaired) electrons. The van der Waals surface area contributed by atoms with E-state index >= 15 is 0 Å². The lowest BCUT2D eigenvalue weighted by Crippen LogP contribution is -2.39. The zero-order valence-corrected chi connectivity index (χ0v) is 19.0. The summed E-state index contributed by atoms with van der Waals surface area (Å²) in [5.41, 5.74) is 1.88. The highest BCUT2D eigenvalue weighted by Gasteiger charge is 2.28. The zero-order valence-electron chi connectivity index (χ0n) is 18.2. The molecule has 0 atom stereocenters. The van der Waals surface area contributed by atoms with E-state index in [2.05, 4.69) is 17.0 Å². The van der Waals surface area contributed by atoms with Crippen LogP contribution in [0.1, 0.15) is 78.2 Å². The van der Waals surface area contributed by atoms with Gasteiger partial charge in [0.05, 0.1) is 10.9 Å². The lowest BCUT2D eigenvalue weighted by atomic mass is 10.1. The molecule has 2 rings (SSSR count). The molecule has 164 valence electrons. The van der Waals surface area contributed by atoms with Crippen molar-refractivity contribution in [3.8, 4) is 5.75 Å². The first-order valence-electron chi connectivity index (χ1n) is 10.7. The van der Waals surface area contributed by atoms with Gasteiger partial charge in [0.1, 0.15) is 5.75 Å². The summed E-state index contributed by atoms with van der Waals surface area (Å²) in [7, 11) is -3.33. The number of hydrogen-bond acceptors (Lipinski definition) is 4. The van der Waals surface area contributed by atoms with Crippen molar-refractivity contribution in [1.29, 1.82) is 0 Å². The number of amides is 1. The number of rotatable bonds is 10. The summed E-state index contributed by atoms with van der Waals surface area (Å²) in [6.45, 7) is 7.42. The Labute approximate surface area is 175 Å². The number of aryl methyl sites for hydroxylation is 1. The SMILES string of the molecule is CCc1cc(NC(=O)CCCCNS(=O)(=O)C(C)(C)C)ccc1OC1CCCC1. The van der Waals surface area contributed by atoms with Gasteiger partial charge in [0.25, 0.3) is 0 Å². The number of hydrogen-bond donors (Lipinski definition) is 2. The van der Waals surface area contributed by atoms with E-state index in [0.29, 0.717) is 31.9 Å². The van der Waals surface area contributed by atoms with Crippen molar-refractivity contribution in [3.63, 3.8) is 0 Å². The second kappa shape index (κ2) is 10.4. The van der Waals surface area contributed by atoms with E-state index in [0.717, 1.165) is 36.3 Å². The minimum Gasteiger partial charge on any atom is -0.490 e. The van der Waals surface area contributed by atoms with E-state index < -0.39 is 14.8 Å². The predicted molar refractivity (Wildman–Crippen MR) is 118 cm³/mol. The molecular formula is C22H36N2O4S. The molecule has 1 aliphatic carbocycles. The van der Waals surface area contributed by atoms with Gasteiger partial charge in [-0.3, -0.25) is 4.79 Å². The molecule has 0 aromatic heterocycles. The molecule has 1 amide bonds. The topological polar surface area (TPSA) is 84.5 Å². The van der Waals surface area contributed by atoms with Gasteiger partial charge in [-0.05, 0) is 89.5 Å². The van der Waals surface area contributed by atoms with E-state index in [9.17, 15) is 13.2 Å². The highest BCUT2D eigenvalue weighted by molar-refractivity contribution is 7.90. The molecule has 0 aliphatic heterocycles. The van der Waals surface area contributed by atoms with Crippen LogP contribution in [0.5, 0.6) is 5.75 Å².